The molecule has 2 aliphatic heterocycles. The number of carbonyl (C=O) groups is 1. The number of hydrogen-bond acceptors (Lipinski definition) is 5. The predicted octanol–water partition coefficient (Wildman–Crippen LogP) is 1.07. The third-order valence-corrected chi connectivity index (χ3v) is 6.85. The maximum atomic E-state index is 13.5. The van der Waals surface area contributed by atoms with Crippen molar-refractivity contribution >= 4 is 38.4 Å². The van der Waals surface area contributed by atoms with Gasteiger partial charge in [-0.2, -0.15) is 4.99 Å². The smallest absolute Gasteiger partial charge is 0.274 e. The van der Waals surface area contributed by atoms with Gasteiger partial charge in [-0.15, -0.1) is 0 Å². The lowest BCUT2D eigenvalue weighted by molar-refractivity contribution is -0.121. The standard InChI is InChI=1S/C14H15FN2O4S2/c1-21-6-13(18)16-14-17(10-4-2-3-9(15)5-10)11-7-23(19,20)8-12(11)22-14/h2-5,11-12H,6-8H2,1H3/t11-,12+/m0/s1. The van der Waals surface area contributed by atoms with E-state index in [1.165, 1.54) is 31.0 Å². The van der Waals surface area contributed by atoms with E-state index in [0.29, 0.717) is 10.9 Å². The predicted molar refractivity (Wildman–Crippen MR) is 87.0 cm³/mol. The van der Waals surface area contributed by atoms with Gasteiger partial charge in [0.05, 0.1) is 17.5 Å². The first-order chi connectivity index (χ1) is 10.9. The van der Waals surface area contributed by atoms with Crippen LogP contribution in [0, 0.1) is 5.82 Å². The van der Waals surface area contributed by atoms with E-state index >= 15 is 0 Å². The van der Waals surface area contributed by atoms with Gasteiger partial charge < -0.3 is 9.64 Å². The first-order valence-electron chi connectivity index (χ1n) is 6.92. The summed E-state index contributed by atoms with van der Waals surface area (Å²) in [4.78, 5) is 17.4. The highest BCUT2D eigenvalue weighted by molar-refractivity contribution is 8.16. The summed E-state index contributed by atoms with van der Waals surface area (Å²) in [6.07, 6.45) is 0. The van der Waals surface area contributed by atoms with Crippen molar-refractivity contribution in [2.45, 2.75) is 11.3 Å². The number of amides is 1. The molecule has 0 spiro atoms. The second kappa shape index (κ2) is 6.21. The minimum atomic E-state index is -3.14. The van der Waals surface area contributed by atoms with Crippen LogP contribution in [0.5, 0.6) is 0 Å². The summed E-state index contributed by atoms with van der Waals surface area (Å²) in [7, 11) is -1.75. The molecule has 2 aliphatic rings. The van der Waals surface area contributed by atoms with Crippen LogP contribution in [0.4, 0.5) is 10.1 Å². The van der Waals surface area contributed by atoms with Crippen molar-refractivity contribution in [3.8, 4) is 0 Å². The van der Waals surface area contributed by atoms with Gasteiger partial charge in [-0.05, 0) is 18.2 Å². The second-order valence-corrected chi connectivity index (χ2v) is 8.73. The number of hydrogen-bond donors (Lipinski definition) is 0. The van der Waals surface area contributed by atoms with Crippen molar-refractivity contribution in [1.82, 2.24) is 0 Å². The average molecular weight is 358 g/mol. The number of aliphatic imine (C=N–C) groups is 1. The van der Waals surface area contributed by atoms with Gasteiger partial charge in [-0.3, -0.25) is 4.79 Å². The Kier molecular flexibility index (Phi) is 4.43. The molecule has 2 saturated heterocycles. The summed E-state index contributed by atoms with van der Waals surface area (Å²) in [5.74, 6) is -0.886. The number of thioether (sulfide) groups is 1. The molecule has 0 N–H and O–H groups in total. The lowest BCUT2D eigenvalue weighted by Crippen LogP contribution is -2.37. The monoisotopic (exact) mass is 358 g/mol. The fraction of sp³-hybridized carbons (Fsp3) is 0.429. The Labute approximate surface area is 137 Å². The number of sulfone groups is 1. The summed E-state index contributed by atoms with van der Waals surface area (Å²) in [6.45, 7) is -0.158. The van der Waals surface area contributed by atoms with Gasteiger partial charge in [-0.1, -0.05) is 17.8 Å². The molecule has 0 aromatic heterocycles. The third-order valence-electron chi connectivity index (χ3n) is 3.64. The van der Waals surface area contributed by atoms with E-state index in [0.717, 1.165) is 0 Å². The van der Waals surface area contributed by atoms with Crippen LogP contribution in [0.15, 0.2) is 29.3 Å². The van der Waals surface area contributed by atoms with Gasteiger partial charge in [0, 0.05) is 18.0 Å². The fourth-order valence-electron chi connectivity index (χ4n) is 2.75. The molecule has 0 unspecified atom stereocenters. The van der Waals surface area contributed by atoms with Crippen molar-refractivity contribution in [3.05, 3.63) is 30.1 Å². The lowest BCUT2D eigenvalue weighted by atomic mass is 10.2. The molecule has 124 valence electrons. The Bertz CT molecular complexity index is 766. The number of rotatable bonds is 3. The van der Waals surface area contributed by atoms with Crippen molar-refractivity contribution in [1.29, 1.82) is 0 Å². The molecule has 9 heteroatoms. The fourth-order valence-corrected chi connectivity index (χ4v) is 6.69. The van der Waals surface area contributed by atoms with Crippen LogP contribution in [0.25, 0.3) is 0 Å². The molecule has 2 atom stereocenters. The van der Waals surface area contributed by atoms with Gasteiger partial charge in [0.25, 0.3) is 5.91 Å². The zero-order chi connectivity index (χ0) is 16.6. The first-order valence-corrected chi connectivity index (χ1v) is 9.62. The molecule has 0 radical (unpaired) electrons. The highest BCUT2D eigenvalue weighted by Crippen LogP contribution is 2.41. The summed E-state index contributed by atoms with van der Waals surface area (Å²) < 4.78 is 42.1. The highest BCUT2D eigenvalue weighted by atomic mass is 32.2. The van der Waals surface area contributed by atoms with Crippen molar-refractivity contribution in [2.75, 3.05) is 30.1 Å². The zero-order valence-corrected chi connectivity index (χ0v) is 13.9. The number of halogens is 1. The molecular weight excluding hydrogens is 343 g/mol. The van der Waals surface area contributed by atoms with Crippen LogP contribution >= 0.6 is 11.8 Å². The van der Waals surface area contributed by atoms with E-state index in [4.69, 9.17) is 4.74 Å². The normalized spacial score (nSPS) is 27.4. The number of benzene rings is 1. The van der Waals surface area contributed by atoms with Gasteiger partial charge in [0.1, 0.15) is 12.4 Å². The molecule has 2 heterocycles. The maximum absolute atomic E-state index is 13.5. The summed E-state index contributed by atoms with van der Waals surface area (Å²) in [5.41, 5.74) is 0.492. The van der Waals surface area contributed by atoms with E-state index in [-0.39, 0.29) is 29.4 Å². The molecule has 1 amide bonds. The number of ether oxygens (including phenoxy) is 1. The Hall–Kier alpha value is -1.45. The molecule has 1 aromatic carbocycles. The lowest BCUT2D eigenvalue weighted by Gasteiger charge is -2.24. The first kappa shape index (κ1) is 16.4. The van der Waals surface area contributed by atoms with E-state index < -0.39 is 21.6 Å². The SMILES string of the molecule is COCC(=O)N=C1S[C@@H]2CS(=O)(=O)C[C@@H]2N1c1cccc(F)c1. The zero-order valence-electron chi connectivity index (χ0n) is 12.3. The molecule has 23 heavy (non-hydrogen) atoms. The Morgan fingerprint density at radius 3 is 2.96 bits per heavy atom. The number of carbonyl (C=O) groups excluding carboxylic acids is 1. The van der Waals surface area contributed by atoms with Crippen molar-refractivity contribution in [2.24, 2.45) is 4.99 Å². The van der Waals surface area contributed by atoms with E-state index in [2.05, 4.69) is 4.99 Å². The molecule has 0 bridgehead atoms. The van der Waals surface area contributed by atoms with Crippen LogP contribution in [-0.2, 0) is 19.4 Å². The average Bonchev–Trinajstić information content (AvgIpc) is 2.89. The summed E-state index contributed by atoms with van der Waals surface area (Å²) in [6, 6.07) is 5.49. The number of methoxy groups -OCH3 is 1. The van der Waals surface area contributed by atoms with Gasteiger partial charge in [0.2, 0.25) is 0 Å². The topological polar surface area (TPSA) is 76.0 Å². The van der Waals surface area contributed by atoms with E-state index in [1.54, 1.807) is 17.0 Å². The number of anilines is 1. The van der Waals surface area contributed by atoms with Crippen LogP contribution < -0.4 is 4.90 Å². The van der Waals surface area contributed by atoms with Crippen molar-refractivity contribution in [3.63, 3.8) is 0 Å². The minimum absolute atomic E-state index is 0.0291. The Morgan fingerprint density at radius 2 is 2.26 bits per heavy atom. The Morgan fingerprint density at radius 1 is 1.48 bits per heavy atom. The minimum Gasteiger partial charge on any atom is -0.375 e. The summed E-state index contributed by atoms with van der Waals surface area (Å²) in [5, 5.41) is 0.180. The molecule has 2 fully saturated rings. The largest absolute Gasteiger partial charge is 0.375 e. The quantitative estimate of drug-likeness (QED) is 0.805. The van der Waals surface area contributed by atoms with E-state index in [9.17, 15) is 17.6 Å². The number of fused-ring (bicyclic) bond motifs is 1. The molecule has 6 nitrogen and oxygen atoms in total. The molecule has 1 aromatic rings. The third kappa shape index (κ3) is 3.41. The molecule has 0 saturated carbocycles. The van der Waals surface area contributed by atoms with E-state index in [1.807, 2.05) is 0 Å². The molecular formula is C14H15FN2O4S2. The molecule has 0 aliphatic carbocycles. The summed E-state index contributed by atoms with van der Waals surface area (Å²) >= 11 is 1.24. The highest BCUT2D eigenvalue weighted by Gasteiger charge is 2.49. The number of nitrogens with zero attached hydrogens (tertiary/aromatic N) is 2. The van der Waals surface area contributed by atoms with Crippen LogP contribution in [0.2, 0.25) is 0 Å². The number of amidine groups is 1. The molecule has 3 rings (SSSR count). The van der Waals surface area contributed by atoms with Crippen molar-refractivity contribution < 1.29 is 22.3 Å². The van der Waals surface area contributed by atoms with Crippen LogP contribution in [-0.4, -0.2) is 56.0 Å². The Balaban J connectivity index is 1.99. The van der Waals surface area contributed by atoms with Gasteiger partial charge in [0.15, 0.2) is 15.0 Å². The second-order valence-electron chi connectivity index (χ2n) is 5.37. The van der Waals surface area contributed by atoms with Crippen LogP contribution in [0.1, 0.15) is 0 Å². The van der Waals surface area contributed by atoms with Gasteiger partial charge >= 0.3 is 0 Å². The van der Waals surface area contributed by atoms with Gasteiger partial charge in [-0.25, -0.2) is 12.8 Å². The maximum Gasteiger partial charge on any atom is 0.274 e. The van der Waals surface area contributed by atoms with Crippen LogP contribution in [0.3, 0.4) is 0 Å².